The number of carboxylic acid groups (broad SMARTS) is 6. The van der Waals surface area contributed by atoms with Crippen molar-refractivity contribution in [3.05, 3.63) is 0 Å². The number of carbonyl (C=O) groups is 10. The minimum absolute atomic E-state index is 0.0348. The molecule has 758 valence electrons. The predicted molar refractivity (Wildman–Crippen MR) is 522 cm³/mol. The van der Waals surface area contributed by atoms with Gasteiger partial charge in [-0.1, -0.05) is 114 Å². The molecule has 39 nitrogen and oxygen atoms in total. The van der Waals surface area contributed by atoms with Crippen molar-refractivity contribution in [2.75, 3.05) is 136 Å². The Morgan fingerprint density at radius 3 is 1.08 bits per heavy atom. The fraction of sp³-hybridized carbons (Fsp3) is 0.886. The summed E-state index contributed by atoms with van der Waals surface area (Å²) in [7, 11) is 0. The lowest BCUT2D eigenvalue weighted by atomic mass is 9.59. The molecule has 29 N–H and O–H groups in total. The van der Waals surface area contributed by atoms with Crippen LogP contribution in [0.25, 0.3) is 0 Å². The predicted octanol–water partition coefficient (Wildman–Crippen LogP) is -0.809. The van der Waals surface area contributed by atoms with Gasteiger partial charge in [-0.25, -0.2) is 0 Å². The Morgan fingerprint density at radius 1 is 0.410 bits per heavy atom. The van der Waals surface area contributed by atoms with Gasteiger partial charge in [0.25, 0.3) is 41.5 Å². The third-order valence-corrected chi connectivity index (χ3v) is 33.5. The van der Waals surface area contributed by atoms with Gasteiger partial charge >= 0.3 is 35.8 Å². The maximum absolute atomic E-state index is 12.9. The second-order valence-corrected chi connectivity index (χ2v) is 44.7. The van der Waals surface area contributed by atoms with Crippen molar-refractivity contribution in [3.63, 3.8) is 0 Å². The fourth-order valence-electron chi connectivity index (χ4n) is 25.1. The van der Waals surface area contributed by atoms with Gasteiger partial charge in [-0.15, -0.1) is 0 Å². The summed E-state index contributed by atoms with van der Waals surface area (Å²) in [5.74, 6) is -4.40. The van der Waals surface area contributed by atoms with E-state index in [1.807, 2.05) is 40.9 Å². The van der Waals surface area contributed by atoms with E-state index in [9.17, 15) is 109 Å². The van der Waals surface area contributed by atoms with Gasteiger partial charge in [-0.05, 0) is 197 Å². The molecule has 0 bridgehead atoms. The van der Waals surface area contributed by atoms with E-state index in [0.29, 0.717) is 148 Å². The lowest BCUT2D eigenvalue weighted by molar-refractivity contribution is -0.156. The number of nitrogens with two attached hydrogens (primary N) is 4. The number of rotatable bonds is 40. The minimum Gasteiger partial charge on any atom is -0.480 e. The molecule has 46 heteroatoms. The molecular weight excluding hydrogens is 1740 g/mol. The summed E-state index contributed by atoms with van der Waals surface area (Å²) < 4.78 is 0. The zero-order valence-electron chi connectivity index (χ0n) is 82.1. The molecule has 0 radical (unpaired) electrons. The van der Waals surface area contributed by atoms with Gasteiger partial charge < -0.3 is 125 Å². The van der Waals surface area contributed by atoms with Crippen molar-refractivity contribution >= 4 is 113 Å². The lowest BCUT2D eigenvalue weighted by Crippen LogP contribution is -2.76. The van der Waals surface area contributed by atoms with E-state index in [1.54, 1.807) is 72.3 Å². The van der Waals surface area contributed by atoms with Gasteiger partial charge in [0, 0.05) is 97.4 Å². The Balaban J connectivity index is 0.000000199. The van der Waals surface area contributed by atoms with E-state index in [-0.39, 0.29) is 98.9 Å². The van der Waals surface area contributed by atoms with Gasteiger partial charge in [0.05, 0.1) is 50.3 Å². The van der Waals surface area contributed by atoms with Crippen LogP contribution in [-0.4, -0.2) is 381 Å². The second-order valence-electron chi connectivity index (χ2n) is 43.7. The summed E-state index contributed by atoms with van der Waals surface area (Å²) in [6.45, 7) is 27.7. The Bertz CT molecular complexity index is 3980. The van der Waals surface area contributed by atoms with Crippen molar-refractivity contribution < 1.29 is 109 Å². The molecule has 0 aromatic rings. The van der Waals surface area contributed by atoms with E-state index in [4.69, 9.17) is 22.9 Å². The number of carboxylic acids is 6. The number of aliphatic carboxylic acids is 6. The molecule has 0 aliphatic carbocycles. The number of thioether (sulfide) groups is 1. The molecule has 13 aliphatic heterocycles. The molecule has 13 rings (SSSR count). The molecule has 4 amide bonds. The summed E-state index contributed by atoms with van der Waals surface area (Å²) >= 11 is 1.64. The van der Waals surface area contributed by atoms with Crippen LogP contribution < -0.4 is 70.8 Å². The first-order valence-electron chi connectivity index (χ1n) is 49.5. The van der Waals surface area contributed by atoms with Crippen LogP contribution in [0.15, 0.2) is 0 Å². The highest BCUT2D eigenvalue weighted by atomic mass is 32.2. The minimum atomic E-state index is -1.11. The third-order valence-electron chi connectivity index (χ3n) is 32.9. The summed E-state index contributed by atoms with van der Waals surface area (Å²) in [5.41, 5.74) is 15.3. The summed E-state index contributed by atoms with van der Waals surface area (Å²) in [5, 5.41) is 144. The number of likely N-dealkylation sites (tertiary alicyclic amines) is 4. The Kier molecular flexibility index (Phi) is 40.4. The number of nitrogens with zero attached hydrogens (tertiary/aromatic N) is 4. The Hall–Kier alpha value is -5.32. The van der Waals surface area contributed by atoms with Crippen LogP contribution in [0.5, 0.6) is 0 Å². The monoisotopic (exact) mass is 1910 g/mol. The van der Waals surface area contributed by atoms with Crippen LogP contribution in [0, 0.1) is 43.8 Å². The molecule has 17 atom stereocenters. The molecule has 0 unspecified atom stereocenters. The highest BCUT2D eigenvalue weighted by molar-refractivity contribution is 7.98. The van der Waals surface area contributed by atoms with Crippen molar-refractivity contribution in [1.82, 2.24) is 67.5 Å². The average molecular weight is 1910 g/mol. The number of fused-ring (bicyclic) bond motifs is 6. The first-order valence-corrected chi connectivity index (χ1v) is 50.9. The van der Waals surface area contributed by atoms with Gasteiger partial charge in [0.2, 0.25) is 23.6 Å². The van der Waals surface area contributed by atoms with Crippen LogP contribution in [0.4, 0.5) is 0 Å². The average Bonchev–Trinajstić information content (AvgIpc) is 1.58. The summed E-state index contributed by atoms with van der Waals surface area (Å²) in [6.07, 6.45) is 21.9. The number of carbonyl (C=O) groups excluding carboxylic acids is 4. The van der Waals surface area contributed by atoms with Crippen LogP contribution in [0.1, 0.15) is 169 Å². The van der Waals surface area contributed by atoms with E-state index in [2.05, 4.69) is 47.9 Å². The maximum atomic E-state index is 12.9. The number of hydrogen-bond acceptors (Lipinski definition) is 30. The van der Waals surface area contributed by atoms with Crippen LogP contribution in [0.3, 0.4) is 0 Å². The number of amides is 4. The smallest absolute Gasteiger partial charge is 0.326 e. The van der Waals surface area contributed by atoms with Crippen molar-refractivity contribution in [2.45, 2.75) is 312 Å². The molecule has 13 aliphatic rings. The molecule has 13 heterocycles. The molecule has 0 aromatic heterocycles. The molecule has 0 saturated carbocycles. The molecule has 13 fully saturated rings. The van der Waals surface area contributed by atoms with Crippen LogP contribution in [-0.2, 0) is 47.9 Å². The van der Waals surface area contributed by atoms with Gasteiger partial charge in [-0.3, -0.25) is 74.5 Å². The summed E-state index contributed by atoms with van der Waals surface area (Å²) in [6, 6.07) is -1.95. The van der Waals surface area contributed by atoms with E-state index in [1.165, 1.54) is 0 Å². The lowest BCUT2D eigenvalue weighted by Gasteiger charge is -2.53. The largest absolute Gasteiger partial charge is 0.480 e. The van der Waals surface area contributed by atoms with Gasteiger partial charge in [0.15, 0.2) is 0 Å². The molecule has 134 heavy (non-hydrogen) atoms. The van der Waals surface area contributed by atoms with E-state index >= 15 is 0 Å². The molecule has 0 aromatic carbocycles. The molecule has 13 saturated heterocycles. The third kappa shape index (κ3) is 24.0. The maximum Gasteiger partial charge on any atom is 0.326 e. The van der Waals surface area contributed by atoms with E-state index < -0.39 is 130 Å². The Morgan fingerprint density at radius 2 is 0.754 bits per heavy atom. The fourth-order valence-corrected chi connectivity index (χ4v) is 25.6. The Labute approximate surface area is 799 Å². The van der Waals surface area contributed by atoms with Crippen molar-refractivity contribution in [1.29, 1.82) is 0 Å². The zero-order chi connectivity index (χ0) is 99.8. The highest BCUT2D eigenvalue weighted by Gasteiger charge is 2.72. The normalized spacial score (nSPS) is 32.7. The van der Waals surface area contributed by atoms with E-state index in [0.717, 1.165) is 135 Å². The molecular formula is C88H165B6N17O22S. The topological polar surface area (TPSA) is 639 Å². The first-order chi connectivity index (χ1) is 62.8. The number of nitrogens with one attached hydrogen (secondary N) is 9. The standard InChI is InChI=1S/2C17H32BN3O4.C16H30BN3O4S.C16H28BN3O4.C12H24BN3O3.C10H19BN2O3/c1-15(2,3)12(19)13(22)21-10-16(6-5-8-18(4)25)7-9-20-17(16,11-21)14(23)24;1-12(2)9-13(19)14(22)21-10-16(5-4-7-18(3)25)6-8-20-17(16,11-21)15(23)24;1-17(24)7-3-5-15-6-8-19-16(15,14(22)23)11-20(10-15)13(21)12(18)4-9-25-2;1-17(24)7-3-5-15-6-9-19-16(15,14(22)23)11-20(10-15)13(21)12-4-2-8-18-12;1-13(19)5-2-3-11-4-6-16-12(11,10(17)18)8-15-9(11)7-14;1-11(16)4-2-3-9-5-12-7-10(9,8(14)15)13-6-9/h12,20,25H,5-11,19H2,1-4H3,(H,23,24);12-13,20,25H,4-11,19H2,1-3H3,(H,23,24);12,19,24H,3-11,18H2,1-2H3,(H,22,23);12,18-19,24H,2-11H2,1H3,(H,22,23);9,15-16,19H,2-8,14H2,1H3,(H,17,18);12-13,16H,2-7H2,1H3,(H,14,15)/t12-,16-,17-;13-,16+,17+;2*12-,15+,16+;9-,11+,12+;9-,10+/m100000/s1. The van der Waals surface area contributed by atoms with Crippen molar-refractivity contribution in [2.24, 2.45) is 66.8 Å². The second kappa shape index (κ2) is 47.5. The SMILES string of the molecule is CB(O)CCC[C@@]12CNC[C@]1(C(=O)O)NC2.CB(O)CCC[C@]12CCN[C@@]1(C(=O)O)CN(C(=O)[C@@H](N)C(C)(C)C)C2.CB(O)CCC[C@]12CCN[C@@]1(C(=O)O)CN(C(=O)[C@@H](N)CC(C)C)C2.CB(O)CCC[C@]12CCN[C@@]1(C(=O)O)CN(C(=O)[C@@H]1CCCN1)C2.CB(O)CCC[C@]12CCN[C@@]1(C(=O)O)CN[C@H]2CN.CSCC[C@H](N)C(=O)N1C[C@@]2(CCCB(C)O)CCN[C@@]2(C(=O)O)C1. The van der Waals surface area contributed by atoms with Crippen molar-refractivity contribution in [3.8, 4) is 0 Å². The van der Waals surface area contributed by atoms with Gasteiger partial charge in [-0.2, -0.15) is 11.8 Å². The van der Waals surface area contributed by atoms with Crippen LogP contribution >= 0.6 is 11.8 Å². The summed E-state index contributed by atoms with van der Waals surface area (Å²) in [4.78, 5) is 129. The zero-order valence-corrected chi connectivity index (χ0v) is 82.9. The quantitative estimate of drug-likeness (QED) is 0.0334. The van der Waals surface area contributed by atoms with Crippen LogP contribution in [0.2, 0.25) is 78.9 Å². The number of hydrogen-bond donors (Lipinski definition) is 25. The highest BCUT2D eigenvalue weighted by Crippen LogP contribution is 2.56. The van der Waals surface area contributed by atoms with Gasteiger partial charge in [0.1, 0.15) is 33.2 Å². The first kappa shape index (κ1) is 114. The molecule has 0 spiro atoms.